The average molecular weight is 353 g/mol. The number of hydrogen-bond donors (Lipinski definition) is 1. The maximum atomic E-state index is 4.69. The van der Waals surface area contributed by atoms with Gasteiger partial charge in [-0.25, -0.2) is 0 Å². The number of aromatic nitrogens is 3. The maximum Gasteiger partial charge on any atom is 0.239 e. The molecule has 0 bridgehead atoms. The summed E-state index contributed by atoms with van der Waals surface area (Å²) in [5, 5.41) is 0.671. The van der Waals surface area contributed by atoms with Crippen LogP contribution in [0.25, 0.3) is 0 Å². The Morgan fingerprint density at radius 1 is 0.833 bits per heavy atom. The van der Waals surface area contributed by atoms with Gasteiger partial charge in [0.25, 0.3) is 0 Å². The van der Waals surface area contributed by atoms with Crippen molar-refractivity contribution in [2.75, 3.05) is 40.7 Å². The quantitative estimate of drug-likeness (QED) is 0.675. The molecule has 0 spiro atoms. The summed E-state index contributed by atoms with van der Waals surface area (Å²) in [7, 11) is 0. The fourth-order valence-corrected chi connectivity index (χ4v) is 3.95. The molecule has 7 heteroatoms. The SMILES string of the molecule is CCN(CC)c1nc(NSC2CCCCC2)nc(N(CC)CC)n1. The minimum Gasteiger partial charge on any atom is -0.341 e. The van der Waals surface area contributed by atoms with Gasteiger partial charge in [0.2, 0.25) is 17.8 Å². The van der Waals surface area contributed by atoms with Gasteiger partial charge in [0, 0.05) is 31.4 Å². The zero-order valence-electron chi connectivity index (χ0n) is 15.6. The summed E-state index contributed by atoms with van der Waals surface area (Å²) in [5.41, 5.74) is 0. The van der Waals surface area contributed by atoms with Crippen LogP contribution in [0.2, 0.25) is 0 Å². The third-order valence-electron chi connectivity index (χ3n) is 4.57. The first-order valence-electron chi connectivity index (χ1n) is 9.39. The van der Waals surface area contributed by atoms with Crippen LogP contribution in [0, 0.1) is 0 Å². The van der Waals surface area contributed by atoms with Crippen LogP contribution in [0.3, 0.4) is 0 Å². The standard InChI is InChI=1S/C17H32N6S/c1-5-22(6-2)16-18-15(19-17(20-16)23(7-3)8-4)21-24-14-12-10-9-11-13-14/h14H,5-13H2,1-4H3,(H,18,19,20,21). The summed E-state index contributed by atoms with van der Waals surface area (Å²) in [4.78, 5) is 18.3. The Kier molecular flexibility index (Phi) is 7.88. The molecule has 1 aromatic heterocycles. The van der Waals surface area contributed by atoms with E-state index in [0.29, 0.717) is 11.2 Å². The van der Waals surface area contributed by atoms with Gasteiger partial charge in [0.1, 0.15) is 0 Å². The molecular formula is C17H32N6S. The molecule has 2 rings (SSSR count). The lowest BCUT2D eigenvalue weighted by Crippen LogP contribution is -2.29. The molecule has 0 aliphatic heterocycles. The zero-order valence-corrected chi connectivity index (χ0v) is 16.4. The number of nitrogens with zero attached hydrogens (tertiary/aromatic N) is 5. The van der Waals surface area contributed by atoms with Gasteiger partial charge in [-0.05, 0) is 52.5 Å². The zero-order chi connectivity index (χ0) is 17.4. The molecule has 1 aliphatic rings. The molecule has 1 aliphatic carbocycles. The lowest BCUT2D eigenvalue weighted by molar-refractivity contribution is 0.516. The van der Waals surface area contributed by atoms with Crippen molar-refractivity contribution in [2.45, 2.75) is 65.0 Å². The molecule has 0 saturated heterocycles. The second kappa shape index (κ2) is 9.91. The first-order chi connectivity index (χ1) is 11.7. The van der Waals surface area contributed by atoms with Gasteiger partial charge in [-0.2, -0.15) is 15.0 Å². The van der Waals surface area contributed by atoms with E-state index in [1.165, 1.54) is 32.1 Å². The molecule has 0 aromatic carbocycles. The third-order valence-corrected chi connectivity index (χ3v) is 5.68. The Labute approximate surface area is 151 Å². The van der Waals surface area contributed by atoms with Gasteiger partial charge in [0.05, 0.1) is 0 Å². The average Bonchev–Trinajstić information content (AvgIpc) is 2.63. The summed E-state index contributed by atoms with van der Waals surface area (Å²) in [6.07, 6.45) is 6.63. The Bertz CT molecular complexity index is 454. The highest BCUT2D eigenvalue weighted by Crippen LogP contribution is 2.29. The number of rotatable bonds is 9. The summed E-state index contributed by atoms with van der Waals surface area (Å²) in [6, 6.07) is 0. The molecule has 136 valence electrons. The van der Waals surface area contributed by atoms with E-state index < -0.39 is 0 Å². The van der Waals surface area contributed by atoms with Gasteiger partial charge < -0.3 is 9.80 Å². The summed E-state index contributed by atoms with van der Waals surface area (Å²) >= 11 is 1.78. The van der Waals surface area contributed by atoms with Crippen molar-refractivity contribution in [1.29, 1.82) is 0 Å². The van der Waals surface area contributed by atoms with E-state index in [4.69, 9.17) is 4.98 Å². The molecule has 6 nitrogen and oxygen atoms in total. The van der Waals surface area contributed by atoms with Gasteiger partial charge >= 0.3 is 0 Å². The van der Waals surface area contributed by atoms with Crippen LogP contribution in [0.15, 0.2) is 0 Å². The fraction of sp³-hybridized carbons (Fsp3) is 0.824. The first kappa shape index (κ1) is 19.1. The van der Waals surface area contributed by atoms with Crippen LogP contribution in [0.5, 0.6) is 0 Å². The molecule has 1 heterocycles. The third kappa shape index (κ3) is 5.13. The van der Waals surface area contributed by atoms with Gasteiger partial charge in [-0.1, -0.05) is 19.3 Å². The maximum absolute atomic E-state index is 4.69. The molecular weight excluding hydrogens is 320 g/mol. The van der Waals surface area contributed by atoms with E-state index in [9.17, 15) is 0 Å². The smallest absolute Gasteiger partial charge is 0.239 e. The van der Waals surface area contributed by atoms with Crippen molar-refractivity contribution >= 4 is 29.8 Å². The van der Waals surface area contributed by atoms with Crippen molar-refractivity contribution in [2.24, 2.45) is 0 Å². The summed E-state index contributed by atoms with van der Waals surface area (Å²) in [5.74, 6) is 2.22. The van der Waals surface area contributed by atoms with Crippen molar-refractivity contribution in [3.8, 4) is 0 Å². The monoisotopic (exact) mass is 352 g/mol. The van der Waals surface area contributed by atoms with E-state index >= 15 is 0 Å². The molecule has 24 heavy (non-hydrogen) atoms. The predicted octanol–water partition coefficient (Wildman–Crippen LogP) is 3.96. The highest BCUT2D eigenvalue weighted by Gasteiger charge is 2.17. The van der Waals surface area contributed by atoms with Crippen LogP contribution in [-0.4, -0.2) is 46.4 Å². The lowest BCUT2D eigenvalue weighted by Gasteiger charge is -2.24. The fourth-order valence-electron chi connectivity index (χ4n) is 3.01. The Morgan fingerprint density at radius 2 is 1.33 bits per heavy atom. The van der Waals surface area contributed by atoms with Crippen molar-refractivity contribution in [3.05, 3.63) is 0 Å². The number of hydrogen-bond acceptors (Lipinski definition) is 7. The van der Waals surface area contributed by atoms with Crippen molar-refractivity contribution < 1.29 is 0 Å². The molecule has 0 unspecified atom stereocenters. The molecule has 0 amide bonds. The molecule has 1 saturated carbocycles. The van der Waals surface area contributed by atoms with Gasteiger partial charge in [-0.15, -0.1) is 0 Å². The first-order valence-corrected chi connectivity index (χ1v) is 10.3. The Hall–Kier alpha value is -1.24. The summed E-state index contributed by atoms with van der Waals surface area (Å²) < 4.78 is 3.40. The Morgan fingerprint density at radius 3 is 1.79 bits per heavy atom. The normalized spacial score (nSPS) is 15.3. The summed E-state index contributed by atoms with van der Waals surface area (Å²) in [6.45, 7) is 12.1. The van der Waals surface area contributed by atoms with E-state index in [1.807, 2.05) is 0 Å². The van der Waals surface area contributed by atoms with Crippen LogP contribution in [-0.2, 0) is 0 Å². The molecule has 1 fully saturated rings. The largest absolute Gasteiger partial charge is 0.341 e. The highest BCUT2D eigenvalue weighted by atomic mass is 32.2. The topological polar surface area (TPSA) is 57.2 Å². The number of nitrogens with one attached hydrogen (secondary N) is 1. The molecule has 1 N–H and O–H groups in total. The molecule has 0 atom stereocenters. The van der Waals surface area contributed by atoms with Gasteiger partial charge in [-0.3, -0.25) is 4.72 Å². The highest BCUT2D eigenvalue weighted by molar-refractivity contribution is 8.01. The predicted molar refractivity (Wildman–Crippen MR) is 105 cm³/mol. The number of anilines is 3. The van der Waals surface area contributed by atoms with E-state index in [2.05, 4.69) is 52.2 Å². The van der Waals surface area contributed by atoms with Crippen molar-refractivity contribution in [1.82, 2.24) is 15.0 Å². The minimum atomic E-state index is 0.671. The van der Waals surface area contributed by atoms with Gasteiger partial charge in [0.15, 0.2) is 0 Å². The van der Waals surface area contributed by atoms with Crippen LogP contribution in [0.1, 0.15) is 59.8 Å². The van der Waals surface area contributed by atoms with Crippen LogP contribution in [0.4, 0.5) is 17.8 Å². The molecule has 0 radical (unpaired) electrons. The van der Waals surface area contributed by atoms with Crippen LogP contribution >= 0.6 is 11.9 Å². The van der Waals surface area contributed by atoms with Crippen LogP contribution < -0.4 is 14.5 Å². The van der Waals surface area contributed by atoms with E-state index in [-0.39, 0.29) is 0 Å². The Balaban J connectivity index is 2.17. The second-order valence-electron chi connectivity index (χ2n) is 6.08. The van der Waals surface area contributed by atoms with E-state index in [1.54, 1.807) is 11.9 Å². The molecule has 1 aromatic rings. The second-order valence-corrected chi connectivity index (χ2v) is 7.19. The lowest BCUT2D eigenvalue weighted by atomic mass is 10.0. The van der Waals surface area contributed by atoms with E-state index in [0.717, 1.165) is 38.1 Å². The minimum absolute atomic E-state index is 0.671. The van der Waals surface area contributed by atoms with Crippen molar-refractivity contribution in [3.63, 3.8) is 0 Å².